The summed E-state index contributed by atoms with van der Waals surface area (Å²) in [5, 5.41) is 10.0. The van der Waals surface area contributed by atoms with E-state index in [-0.39, 0.29) is 6.10 Å². The Morgan fingerprint density at radius 3 is 1.87 bits per heavy atom. The molecule has 1 fully saturated rings. The average molecular weight is 309 g/mol. The molecule has 0 saturated heterocycles. The van der Waals surface area contributed by atoms with E-state index in [4.69, 9.17) is 0 Å². The highest BCUT2D eigenvalue weighted by atomic mass is 16.3. The van der Waals surface area contributed by atoms with Gasteiger partial charge in [-0.2, -0.15) is 0 Å². The van der Waals surface area contributed by atoms with Gasteiger partial charge in [-0.15, -0.1) is 0 Å². The van der Waals surface area contributed by atoms with E-state index in [2.05, 4.69) is 72.5 Å². The van der Waals surface area contributed by atoms with Crippen LogP contribution >= 0.6 is 0 Å². The van der Waals surface area contributed by atoms with E-state index in [1.807, 2.05) is 0 Å². The number of hydrogen-bond acceptors (Lipinski definition) is 2. The third-order valence-corrected chi connectivity index (χ3v) is 5.07. The summed E-state index contributed by atoms with van der Waals surface area (Å²) in [4.78, 5) is 2.59. The fourth-order valence-electron chi connectivity index (χ4n) is 3.63. The largest absolute Gasteiger partial charge is 0.393 e. The summed E-state index contributed by atoms with van der Waals surface area (Å²) in [5.74, 6) is 0.391. The quantitative estimate of drug-likeness (QED) is 0.893. The Hall–Kier alpha value is -1.64. The zero-order valence-electron chi connectivity index (χ0n) is 13.9. The first-order valence-corrected chi connectivity index (χ1v) is 8.72. The van der Waals surface area contributed by atoms with Crippen molar-refractivity contribution < 1.29 is 5.11 Å². The predicted octanol–water partition coefficient (Wildman–Crippen LogP) is 4.24. The Kier molecular flexibility index (Phi) is 5.47. The molecule has 2 nitrogen and oxygen atoms in total. The lowest BCUT2D eigenvalue weighted by atomic mass is 9.83. The van der Waals surface area contributed by atoms with Crippen LogP contribution in [-0.4, -0.2) is 22.2 Å². The summed E-state index contributed by atoms with van der Waals surface area (Å²) in [6.07, 6.45) is 2.97. The Labute approximate surface area is 139 Å². The number of benzene rings is 2. The van der Waals surface area contributed by atoms with E-state index in [9.17, 15) is 5.11 Å². The lowest BCUT2D eigenvalue weighted by Crippen LogP contribution is -2.41. The van der Waals surface area contributed by atoms with Crippen molar-refractivity contribution in [3.63, 3.8) is 0 Å². The summed E-state index contributed by atoms with van der Waals surface area (Å²) >= 11 is 0. The van der Waals surface area contributed by atoms with Crippen molar-refractivity contribution in [3.05, 3.63) is 71.8 Å². The van der Waals surface area contributed by atoms with E-state index >= 15 is 0 Å². The van der Waals surface area contributed by atoms with Crippen molar-refractivity contribution in [1.82, 2.24) is 4.90 Å². The highest BCUT2D eigenvalue weighted by molar-refractivity contribution is 5.17. The van der Waals surface area contributed by atoms with Crippen molar-refractivity contribution in [3.8, 4) is 0 Å². The van der Waals surface area contributed by atoms with Crippen LogP contribution in [0.3, 0.4) is 0 Å². The number of nitrogens with zero attached hydrogens (tertiary/aromatic N) is 1. The van der Waals surface area contributed by atoms with Crippen molar-refractivity contribution in [1.29, 1.82) is 0 Å². The highest BCUT2D eigenvalue weighted by Crippen LogP contribution is 2.29. The molecule has 3 unspecified atom stereocenters. The van der Waals surface area contributed by atoms with Crippen LogP contribution in [0.1, 0.15) is 37.3 Å². The molecule has 3 rings (SSSR count). The van der Waals surface area contributed by atoms with Crippen LogP contribution in [0, 0.1) is 5.92 Å². The van der Waals surface area contributed by atoms with Crippen molar-refractivity contribution >= 4 is 0 Å². The van der Waals surface area contributed by atoms with Crippen molar-refractivity contribution in [2.24, 2.45) is 5.92 Å². The second kappa shape index (κ2) is 7.76. The molecule has 2 aromatic rings. The van der Waals surface area contributed by atoms with E-state index in [1.54, 1.807) is 0 Å². The van der Waals surface area contributed by atoms with Crippen LogP contribution in [0.5, 0.6) is 0 Å². The van der Waals surface area contributed by atoms with Crippen LogP contribution in [0.15, 0.2) is 60.7 Å². The van der Waals surface area contributed by atoms with E-state index < -0.39 is 0 Å². The minimum Gasteiger partial charge on any atom is -0.393 e. The number of aliphatic hydroxyl groups excluding tert-OH is 1. The normalized spacial score (nSPS) is 24.7. The van der Waals surface area contributed by atoms with Crippen molar-refractivity contribution in [2.45, 2.75) is 51.4 Å². The van der Waals surface area contributed by atoms with Gasteiger partial charge < -0.3 is 5.11 Å². The summed E-state index contributed by atoms with van der Waals surface area (Å²) in [6.45, 7) is 4.13. The molecular weight excluding hydrogens is 282 g/mol. The molecule has 1 saturated carbocycles. The molecule has 0 spiro atoms. The smallest absolute Gasteiger partial charge is 0.0566 e. The summed E-state index contributed by atoms with van der Waals surface area (Å²) in [6, 6.07) is 22.0. The zero-order valence-corrected chi connectivity index (χ0v) is 13.9. The second-order valence-corrected chi connectivity index (χ2v) is 6.89. The van der Waals surface area contributed by atoms with Gasteiger partial charge in [0.05, 0.1) is 6.10 Å². The standard InChI is InChI=1S/C21H27NO/c1-17-14-20(12-13-21(17)23)22(15-18-8-4-2-5-9-18)16-19-10-6-3-7-11-19/h2-11,17,20-21,23H,12-16H2,1H3. The average Bonchev–Trinajstić information content (AvgIpc) is 2.59. The third-order valence-electron chi connectivity index (χ3n) is 5.07. The van der Waals surface area contributed by atoms with E-state index in [0.29, 0.717) is 12.0 Å². The van der Waals surface area contributed by atoms with Crippen molar-refractivity contribution in [2.75, 3.05) is 0 Å². The SMILES string of the molecule is CC1CC(N(Cc2ccccc2)Cc2ccccc2)CCC1O. The molecule has 0 aromatic heterocycles. The first-order valence-electron chi connectivity index (χ1n) is 8.72. The molecule has 0 radical (unpaired) electrons. The van der Waals surface area contributed by atoms with Crippen LogP contribution < -0.4 is 0 Å². The molecule has 3 atom stereocenters. The van der Waals surface area contributed by atoms with Gasteiger partial charge >= 0.3 is 0 Å². The van der Waals surface area contributed by atoms with Gasteiger partial charge in [0.15, 0.2) is 0 Å². The monoisotopic (exact) mass is 309 g/mol. The maximum Gasteiger partial charge on any atom is 0.0566 e. The minimum absolute atomic E-state index is 0.124. The van der Waals surface area contributed by atoms with Gasteiger partial charge in [0.25, 0.3) is 0 Å². The Morgan fingerprint density at radius 2 is 1.39 bits per heavy atom. The van der Waals surface area contributed by atoms with Gasteiger partial charge in [0, 0.05) is 19.1 Å². The predicted molar refractivity (Wildman–Crippen MR) is 94.9 cm³/mol. The first-order chi connectivity index (χ1) is 11.2. The zero-order chi connectivity index (χ0) is 16.1. The van der Waals surface area contributed by atoms with Crippen LogP contribution in [-0.2, 0) is 13.1 Å². The number of hydrogen-bond donors (Lipinski definition) is 1. The molecule has 2 aromatic carbocycles. The summed E-state index contributed by atoms with van der Waals surface area (Å²) in [5.41, 5.74) is 2.73. The molecule has 0 aliphatic heterocycles. The first kappa shape index (κ1) is 16.2. The van der Waals surface area contributed by atoms with Gasteiger partial charge in [-0.3, -0.25) is 4.90 Å². The van der Waals surface area contributed by atoms with Crippen LogP contribution in [0.25, 0.3) is 0 Å². The Bertz CT molecular complexity index is 542. The van der Waals surface area contributed by atoms with Gasteiger partial charge in [0.2, 0.25) is 0 Å². The van der Waals surface area contributed by atoms with E-state index in [1.165, 1.54) is 11.1 Å². The van der Waals surface area contributed by atoms with E-state index in [0.717, 1.165) is 32.4 Å². The molecule has 1 N–H and O–H groups in total. The van der Waals surface area contributed by atoms with Crippen LogP contribution in [0.4, 0.5) is 0 Å². The molecule has 0 bridgehead atoms. The molecule has 23 heavy (non-hydrogen) atoms. The number of aliphatic hydroxyl groups is 1. The lowest BCUT2D eigenvalue weighted by molar-refractivity contribution is 0.0266. The fraction of sp³-hybridized carbons (Fsp3) is 0.429. The highest BCUT2D eigenvalue weighted by Gasteiger charge is 2.29. The second-order valence-electron chi connectivity index (χ2n) is 6.89. The molecule has 0 heterocycles. The van der Waals surface area contributed by atoms with Gasteiger partial charge in [-0.25, -0.2) is 0 Å². The molecule has 2 heteroatoms. The minimum atomic E-state index is -0.124. The van der Waals surface area contributed by atoms with Gasteiger partial charge in [-0.05, 0) is 36.3 Å². The molecule has 122 valence electrons. The Balaban J connectivity index is 1.75. The van der Waals surface area contributed by atoms with Gasteiger partial charge in [-0.1, -0.05) is 67.6 Å². The molecule has 1 aliphatic rings. The molecule has 0 amide bonds. The summed E-state index contributed by atoms with van der Waals surface area (Å²) < 4.78 is 0. The summed E-state index contributed by atoms with van der Waals surface area (Å²) in [7, 11) is 0. The van der Waals surface area contributed by atoms with Gasteiger partial charge in [0.1, 0.15) is 0 Å². The Morgan fingerprint density at radius 1 is 0.870 bits per heavy atom. The fourth-order valence-corrected chi connectivity index (χ4v) is 3.63. The van der Waals surface area contributed by atoms with Crippen LogP contribution in [0.2, 0.25) is 0 Å². The maximum absolute atomic E-state index is 10.0. The third kappa shape index (κ3) is 4.43. The molecular formula is C21H27NO. The topological polar surface area (TPSA) is 23.5 Å². The molecule has 1 aliphatic carbocycles. The lowest BCUT2D eigenvalue weighted by Gasteiger charge is -2.39. The number of rotatable bonds is 5. The maximum atomic E-state index is 10.0.